The molecule has 2 bridgehead atoms. The van der Waals surface area contributed by atoms with Crippen molar-refractivity contribution in [3.8, 4) is 0 Å². The van der Waals surface area contributed by atoms with Crippen LogP contribution in [0.2, 0.25) is 4.68 Å². The van der Waals surface area contributed by atoms with Crippen LogP contribution in [0.3, 0.4) is 0 Å². The summed E-state index contributed by atoms with van der Waals surface area (Å²) in [5.41, 5.74) is 0.467. The fraction of sp³-hybridized carbons (Fsp3) is 0.667. The summed E-state index contributed by atoms with van der Waals surface area (Å²) in [6, 6.07) is 1.09. The van der Waals surface area contributed by atoms with Crippen LogP contribution in [0.5, 0.6) is 0 Å². The number of carbonyl (C=O) groups excluding carboxylic acids is 1. The summed E-state index contributed by atoms with van der Waals surface area (Å²) in [5.74, 6) is -0.311. The van der Waals surface area contributed by atoms with E-state index in [2.05, 4.69) is 11.9 Å². The van der Waals surface area contributed by atoms with E-state index < -0.39 is 21.4 Å². The first-order chi connectivity index (χ1) is 9.54. The molecule has 3 aliphatic heterocycles. The molecule has 3 nitrogen and oxygen atoms in total. The van der Waals surface area contributed by atoms with Crippen LogP contribution in [0.1, 0.15) is 32.1 Å². The van der Waals surface area contributed by atoms with Gasteiger partial charge in [0.25, 0.3) is 0 Å². The molecular weight excluding hydrogens is 360 g/mol. The van der Waals surface area contributed by atoms with Crippen LogP contribution in [0.4, 0.5) is 4.39 Å². The van der Waals surface area contributed by atoms with Gasteiger partial charge in [-0.05, 0) is 0 Å². The van der Waals surface area contributed by atoms with Gasteiger partial charge in [0, 0.05) is 0 Å². The number of ether oxygens (including phenoxy) is 1. The fourth-order valence-corrected chi connectivity index (χ4v) is 7.60. The third kappa shape index (κ3) is 2.84. The molecule has 2 fully saturated rings. The quantitative estimate of drug-likeness (QED) is 0.689. The summed E-state index contributed by atoms with van der Waals surface area (Å²) in [7, 11) is 2.18. The van der Waals surface area contributed by atoms with E-state index in [4.69, 9.17) is 4.74 Å². The molecule has 20 heavy (non-hydrogen) atoms. The van der Waals surface area contributed by atoms with Crippen LogP contribution in [-0.2, 0) is 9.53 Å². The molecule has 2 unspecified atom stereocenters. The Balaban J connectivity index is 1.62. The van der Waals surface area contributed by atoms with E-state index in [0.717, 1.165) is 12.8 Å². The monoisotopic (exact) mass is 381 g/mol. The maximum atomic E-state index is 13.4. The normalized spacial score (nSPS) is 33.8. The van der Waals surface area contributed by atoms with E-state index in [-0.39, 0.29) is 15.7 Å². The van der Waals surface area contributed by atoms with E-state index in [0.29, 0.717) is 17.7 Å². The van der Waals surface area contributed by atoms with Crippen LogP contribution in [0, 0.1) is 0 Å². The molecule has 3 rings (SSSR count). The van der Waals surface area contributed by atoms with Crippen molar-refractivity contribution in [1.29, 1.82) is 0 Å². The standard InChI is InChI=1S/C14H18FNO2.CH3.In/c1-10(6-7-15)14(17)18-13-8-11-4-3-5-12(9-13)16(11)2;;/h1,6,11-13H,3-5,8-9H2,2H3;1H3;. The molecule has 108 valence electrons. The fourth-order valence-electron chi connectivity index (χ4n) is 3.69. The molecule has 0 saturated carbocycles. The Kier molecular flexibility index (Phi) is 4.27. The molecule has 0 spiro atoms. The molecule has 0 aliphatic carbocycles. The van der Waals surface area contributed by atoms with Crippen LogP contribution < -0.4 is 0 Å². The third-order valence-corrected chi connectivity index (χ3v) is 10.4. The van der Waals surface area contributed by atoms with Gasteiger partial charge < -0.3 is 0 Å². The van der Waals surface area contributed by atoms with Gasteiger partial charge >= 0.3 is 127 Å². The first kappa shape index (κ1) is 14.6. The zero-order chi connectivity index (χ0) is 14.3. The van der Waals surface area contributed by atoms with Gasteiger partial charge in [-0.25, -0.2) is 0 Å². The Labute approximate surface area is 127 Å². The minimum atomic E-state index is -2.30. The van der Waals surface area contributed by atoms with Crippen molar-refractivity contribution in [1.82, 2.24) is 4.90 Å². The second kappa shape index (κ2) is 5.84. The molecule has 3 heterocycles. The van der Waals surface area contributed by atoms with Crippen LogP contribution in [0.15, 0.2) is 19.1 Å². The van der Waals surface area contributed by atoms with Crippen LogP contribution in [0.25, 0.3) is 0 Å². The number of esters is 1. The third-order valence-electron chi connectivity index (χ3n) is 4.96. The summed E-state index contributed by atoms with van der Waals surface area (Å²) < 4.78 is 22.8. The summed E-state index contributed by atoms with van der Waals surface area (Å²) in [6.07, 6.45) is 6.95. The molecule has 0 aromatic heterocycles. The van der Waals surface area contributed by atoms with E-state index in [1.165, 1.54) is 25.3 Å². The summed E-state index contributed by atoms with van der Waals surface area (Å²) in [6.45, 7) is 0. The van der Waals surface area contributed by atoms with Crippen LogP contribution in [-0.4, -0.2) is 57.5 Å². The second-order valence-electron chi connectivity index (χ2n) is 6.34. The van der Waals surface area contributed by atoms with Gasteiger partial charge in [0.1, 0.15) is 0 Å². The van der Waals surface area contributed by atoms with Crippen LogP contribution >= 0.6 is 0 Å². The van der Waals surface area contributed by atoms with Crippen molar-refractivity contribution in [2.45, 2.75) is 55.0 Å². The molecule has 2 atom stereocenters. The average Bonchev–Trinajstić information content (AvgIpc) is 2.71. The van der Waals surface area contributed by atoms with Crippen molar-refractivity contribution in [3.05, 3.63) is 19.1 Å². The number of rotatable bonds is 2. The SMILES string of the molecule is CN1C2CCCC1CC(OC(=O)C1=[CH][In]([CH3])[C](F)=C1)C2. The van der Waals surface area contributed by atoms with Gasteiger partial charge in [-0.2, -0.15) is 0 Å². The van der Waals surface area contributed by atoms with E-state index in [1.807, 2.05) is 8.51 Å². The Morgan fingerprint density at radius 1 is 1.40 bits per heavy atom. The summed E-state index contributed by atoms with van der Waals surface area (Å²) >= 11 is -2.30. The number of piperidine rings is 2. The van der Waals surface area contributed by atoms with Crippen molar-refractivity contribution in [2.75, 3.05) is 7.05 Å². The summed E-state index contributed by atoms with van der Waals surface area (Å²) in [4.78, 5) is 14.6. The zero-order valence-corrected chi connectivity index (χ0v) is 15.4. The number of hydrogen-bond acceptors (Lipinski definition) is 3. The molecule has 3 aliphatic rings. The molecule has 0 radical (unpaired) electrons. The van der Waals surface area contributed by atoms with E-state index in [1.54, 1.807) is 0 Å². The van der Waals surface area contributed by atoms with E-state index in [9.17, 15) is 9.18 Å². The van der Waals surface area contributed by atoms with Crippen molar-refractivity contribution in [2.24, 2.45) is 0 Å². The van der Waals surface area contributed by atoms with Crippen molar-refractivity contribution >= 4 is 27.4 Å². The van der Waals surface area contributed by atoms with Crippen molar-refractivity contribution < 1.29 is 13.9 Å². The Hall–Kier alpha value is -0.290. The number of nitrogens with zero attached hydrogens (tertiary/aromatic N) is 1. The number of fused-ring (bicyclic) bond motifs is 2. The predicted octanol–water partition coefficient (Wildman–Crippen LogP) is 2.54. The second-order valence-corrected chi connectivity index (χ2v) is 13.4. The number of hydrogen-bond donors (Lipinski definition) is 0. The van der Waals surface area contributed by atoms with E-state index >= 15 is 0 Å². The van der Waals surface area contributed by atoms with Gasteiger partial charge in [-0.3, -0.25) is 0 Å². The molecule has 0 N–H and O–H groups in total. The van der Waals surface area contributed by atoms with Gasteiger partial charge in [0.2, 0.25) is 0 Å². The van der Waals surface area contributed by atoms with Gasteiger partial charge in [-0.1, -0.05) is 0 Å². The Bertz CT molecular complexity index is 462. The first-order valence-corrected chi connectivity index (χ1v) is 14.4. The minimum absolute atomic E-state index is 0.0115. The Morgan fingerprint density at radius 2 is 2.05 bits per heavy atom. The predicted molar refractivity (Wildman–Crippen MR) is 77.2 cm³/mol. The molecule has 0 aromatic carbocycles. The first-order valence-electron chi connectivity index (χ1n) is 7.56. The number of carbonyl (C=O) groups is 1. The Morgan fingerprint density at radius 3 is 2.60 bits per heavy atom. The van der Waals surface area contributed by atoms with Gasteiger partial charge in [0.15, 0.2) is 0 Å². The molecular formula is C15H21FInNO2. The van der Waals surface area contributed by atoms with Gasteiger partial charge in [-0.15, -0.1) is 0 Å². The summed E-state index contributed by atoms with van der Waals surface area (Å²) in [5, 5.41) is 0. The maximum absolute atomic E-state index is 13.4. The van der Waals surface area contributed by atoms with Gasteiger partial charge in [0.05, 0.1) is 0 Å². The molecule has 2 saturated heterocycles. The van der Waals surface area contributed by atoms with Crippen molar-refractivity contribution in [3.63, 3.8) is 0 Å². The topological polar surface area (TPSA) is 29.5 Å². The number of halogens is 1. The molecule has 0 aromatic rings. The molecule has 0 amide bonds. The zero-order valence-electron chi connectivity index (χ0n) is 12.1. The average molecular weight is 381 g/mol. The molecule has 5 heteroatoms.